The van der Waals surface area contributed by atoms with Crippen molar-refractivity contribution < 1.29 is 13.9 Å². The molecule has 0 bridgehead atoms. The van der Waals surface area contributed by atoms with E-state index in [4.69, 9.17) is 26.1 Å². The molecule has 1 fully saturated rings. The van der Waals surface area contributed by atoms with Crippen molar-refractivity contribution >= 4 is 34.8 Å². The number of pyridine rings is 1. The Hall–Kier alpha value is -4.27. The lowest BCUT2D eigenvalue weighted by molar-refractivity contribution is 0.383. The maximum atomic E-state index is 6.43. The molecule has 6 rings (SSSR count). The summed E-state index contributed by atoms with van der Waals surface area (Å²) in [6.07, 6.45) is 1.80. The number of hydrogen-bond donors (Lipinski definition) is 1. The van der Waals surface area contributed by atoms with Crippen LogP contribution >= 0.6 is 24.0 Å². The quantitative estimate of drug-likeness (QED) is 0.189. The summed E-state index contributed by atoms with van der Waals surface area (Å²) in [5.41, 5.74) is 3.04. The van der Waals surface area contributed by atoms with Crippen LogP contribution in [0.4, 0.5) is 5.69 Å². The molecule has 1 aliphatic rings. The van der Waals surface area contributed by atoms with Gasteiger partial charge in [-0.3, -0.25) is 4.98 Å². The summed E-state index contributed by atoms with van der Waals surface area (Å²) in [6.45, 7) is 2.08. The van der Waals surface area contributed by atoms with Crippen molar-refractivity contribution in [1.82, 2.24) is 10.3 Å². The zero-order valence-electron chi connectivity index (χ0n) is 22.0. The van der Waals surface area contributed by atoms with E-state index < -0.39 is 0 Å². The third-order valence-corrected chi connectivity index (χ3v) is 7.88. The zero-order chi connectivity index (χ0) is 27.5. The van der Waals surface area contributed by atoms with E-state index in [0.29, 0.717) is 5.11 Å². The number of ether oxygens (including phenoxy) is 2. The summed E-state index contributed by atoms with van der Waals surface area (Å²) in [6, 6.07) is 33.3. The van der Waals surface area contributed by atoms with Crippen molar-refractivity contribution in [2.75, 3.05) is 12.0 Å². The SMILES string of the molecule is COc1ccc(Oc2ccc(N3C(=S)N[C@@H](c4ccccn4)[C@H]3c3ccc(Sc4ccc(C)cc4)o3)cc2)cc1. The van der Waals surface area contributed by atoms with Gasteiger partial charge in [0, 0.05) is 16.8 Å². The monoisotopic (exact) mass is 565 g/mol. The average Bonchev–Trinajstić information content (AvgIpc) is 3.59. The van der Waals surface area contributed by atoms with Gasteiger partial charge < -0.3 is 24.1 Å². The highest BCUT2D eigenvalue weighted by atomic mass is 32.2. The first-order chi connectivity index (χ1) is 19.6. The predicted octanol–water partition coefficient (Wildman–Crippen LogP) is 8.11. The Morgan fingerprint density at radius 2 is 1.55 bits per heavy atom. The number of rotatable bonds is 8. The Kier molecular flexibility index (Phi) is 7.44. The molecular formula is C32H27N3O3S2. The van der Waals surface area contributed by atoms with Crippen molar-refractivity contribution in [1.29, 1.82) is 0 Å². The van der Waals surface area contributed by atoms with Crippen molar-refractivity contribution in [3.8, 4) is 17.2 Å². The summed E-state index contributed by atoms with van der Waals surface area (Å²) < 4.78 is 17.7. The van der Waals surface area contributed by atoms with Gasteiger partial charge in [-0.05, 0) is 104 Å². The van der Waals surface area contributed by atoms with Crippen LogP contribution in [0.1, 0.15) is 29.1 Å². The topological polar surface area (TPSA) is 59.8 Å². The van der Waals surface area contributed by atoms with Crippen LogP contribution in [0.5, 0.6) is 17.2 Å². The largest absolute Gasteiger partial charge is 0.497 e. The molecule has 3 aromatic carbocycles. The molecule has 1 aliphatic heterocycles. The van der Waals surface area contributed by atoms with E-state index in [2.05, 4.69) is 46.4 Å². The van der Waals surface area contributed by atoms with E-state index in [1.54, 1.807) is 25.1 Å². The van der Waals surface area contributed by atoms with Crippen LogP contribution in [0.15, 0.2) is 124 Å². The first-order valence-electron chi connectivity index (χ1n) is 12.8. The molecule has 0 saturated carbocycles. The number of furan rings is 1. The van der Waals surface area contributed by atoms with Gasteiger partial charge in [0.2, 0.25) is 0 Å². The lowest BCUT2D eigenvalue weighted by atomic mass is 10.0. The molecular weight excluding hydrogens is 539 g/mol. The minimum absolute atomic E-state index is 0.188. The fourth-order valence-corrected chi connectivity index (χ4v) is 5.77. The van der Waals surface area contributed by atoms with Crippen LogP contribution in [0.2, 0.25) is 0 Å². The number of nitrogens with one attached hydrogen (secondary N) is 1. The molecule has 6 nitrogen and oxygen atoms in total. The third kappa shape index (κ3) is 5.54. The number of aromatic nitrogens is 1. The van der Waals surface area contributed by atoms with E-state index in [1.165, 1.54) is 5.56 Å². The Balaban J connectivity index is 1.29. The van der Waals surface area contributed by atoms with Crippen molar-refractivity contribution in [2.45, 2.75) is 29.0 Å². The molecule has 0 unspecified atom stereocenters. The van der Waals surface area contributed by atoms with E-state index in [1.807, 2.05) is 78.9 Å². The number of benzene rings is 3. The maximum absolute atomic E-state index is 6.43. The summed E-state index contributed by atoms with van der Waals surface area (Å²) in [7, 11) is 1.64. The van der Waals surface area contributed by atoms with Gasteiger partial charge in [0.15, 0.2) is 10.2 Å². The van der Waals surface area contributed by atoms with Crippen LogP contribution < -0.4 is 19.7 Å². The lowest BCUT2D eigenvalue weighted by Crippen LogP contribution is -2.29. The summed E-state index contributed by atoms with van der Waals surface area (Å²) in [5.74, 6) is 3.04. The second-order valence-corrected chi connectivity index (χ2v) is 10.8. The Bertz CT molecular complexity index is 1590. The minimum Gasteiger partial charge on any atom is -0.497 e. The fraction of sp³-hybridized carbons (Fsp3) is 0.125. The van der Waals surface area contributed by atoms with Gasteiger partial charge in [0.05, 0.1) is 18.8 Å². The summed E-state index contributed by atoms with van der Waals surface area (Å²) in [5, 5.41) is 4.91. The zero-order valence-corrected chi connectivity index (χ0v) is 23.6. The van der Waals surface area contributed by atoms with Gasteiger partial charge >= 0.3 is 0 Å². The average molecular weight is 566 g/mol. The van der Waals surface area contributed by atoms with Gasteiger partial charge in [-0.2, -0.15) is 0 Å². The number of anilines is 1. The standard InChI is InChI=1S/C32H27N3O3S2/c1-21-6-16-26(17-7-21)40-29-19-18-28(38-29)31-30(27-5-3-4-20-33-27)34-32(39)35(31)22-8-10-24(11-9-22)37-25-14-12-23(36-2)13-15-25/h3-20,30-31H,1-2H3,(H,34,39)/t30-,31+/m0/s1. The van der Waals surface area contributed by atoms with Gasteiger partial charge in [-0.1, -0.05) is 35.5 Å². The Morgan fingerprint density at radius 3 is 2.23 bits per heavy atom. The first kappa shape index (κ1) is 26.0. The molecule has 1 N–H and O–H groups in total. The highest BCUT2D eigenvalue weighted by Crippen LogP contribution is 2.43. The minimum atomic E-state index is -0.233. The van der Waals surface area contributed by atoms with Crippen molar-refractivity contribution in [3.63, 3.8) is 0 Å². The smallest absolute Gasteiger partial charge is 0.174 e. The van der Waals surface area contributed by atoms with Gasteiger partial charge in [-0.15, -0.1) is 0 Å². The van der Waals surface area contributed by atoms with Gasteiger partial charge in [0.1, 0.15) is 29.1 Å². The Morgan fingerprint density at radius 1 is 0.850 bits per heavy atom. The van der Waals surface area contributed by atoms with Crippen LogP contribution in [0, 0.1) is 6.92 Å². The molecule has 0 amide bonds. The number of nitrogens with zero attached hydrogens (tertiary/aromatic N) is 2. The number of aryl methyl sites for hydroxylation is 1. The molecule has 0 aliphatic carbocycles. The van der Waals surface area contributed by atoms with E-state index in [0.717, 1.165) is 44.4 Å². The fourth-order valence-electron chi connectivity index (χ4n) is 4.65. The molecule has 0 radical (unpaired) electrons. The predicted molar refractivity (Wildman–Crippen MR) is 161 cm³/mol. The van der Waals surface area contributed by atoms with Gasteiger partial charge in [-0.25, -0.2) is 0 Å². The highest BCUT2D eigenvalue weighted by molar-refractivity contribution is 7.99. The van der Waals surface area contributed by atoms with Gasteiger partial charge in [0.25, 0.3) is 0 Å². The lowest BCUT2D eigenvalue weighted by Gasteiger charge is -2.26. The summed E-state index contributed by atoms with van der Waals surface area (Å²) >= 11 is 7.46. The molecule has 2 aromatic heterocycles. The van der Waals surface area contributed by atoms with Crippen LogP contribution in [0.25, 0.3) is 0 Å². The van der Waals surface area contributed by atoms with E-state index in [9.17, 15) is 0 Å². The normalized spacial score (nSPS) is 16.6. The number of thiocarbonyl (C=S) groups is 1. The highest BCUT2D eigenvalue weighted by Gasteiger charge is 2.42. The molecule has 1 saturated heterocycles. The van der Waals surface area contributed by atoms with Crippen LogP contribution in [-0.2, 0) is 0 Å². The maximum Gasteiger partial charge on any atom is 0.174 e. The van der Waals surface area contributed by atoms with E-state index >= 15 is 0 Å². The molecule has 5 aromatic rings. The molecule has 3 heterocycles. The van der Waals surface area contributed by atoms with Crippen LogP contribution in [-0.4, -0.2) is 17.2 Å². The van der Waals surface area contributed by atoms with Crippen molar-refractivity contribution in [3.05, 3.63) is 126 Å². The second-order valence-electron chi connectivity index (χ2n) is 9.34. The number of hydrogen-bond acceptors (Lipinski definition) is 6. The summed E-state index contributed by atoms with van der Waals surface area (Å²) in [4.78, 5) is 7.84. The van der Waals surface area contributed by atoms with Crippen LogP contribution in [0.3, 0.4) is 0 Å². The van der Waals surface area contributed by atoms with E-state index in [-0.39, 0.29) is 12.1 Å². The van der Waals surface area contributed by atoms with Crippen molar-refractivity contribution in [2.24, 2.45) is 0 Å². The second kappa shape index (κ2) is 11.5. The molecule has 40 heavy (non-hydrogen) atoms. The molecule has 0 spiro atoms. The number of methoxy groups -OCH3 is 1. The Labute approximate surface area is 243 Å². The molecule has 8 heteroatoms. The third-order valence-electron chi connectivity index (χ3n) is 6.64. The molecule has 2 atom stereocenters. The first-order valence-corrected chi connectivity index (χ1v) is 14.1. The molecule has 200 valence electrons.